The molecule has 1 rings (SSSR count). The van der Waals surface area contributed by atoms with Crippen LogP contribution in [0.4, 0.5) is 0 Å². The second-order valence-electron chi connectivity index (χ2n) is 4.45. The van der Waals surface area contributed by atoms with E-state index in [0.717, 1.165) is 6.54 Å². The van der Waals surface area contributed by atoms with E-state index in [1.165, 1.54) is 22.0 Å². The van der Waals surface area contributed by atoms with Crippen molar-refractivity contribution in [3.8, 4) is 0 Å². The molecule has 0 aliphatic rings. The van der Waals surface area contributed by atoms with E-state index in [4.69, 9.17) is 0 Å². The van der Waals surface area contributed by atoms with Gasteiger partial charge in [0, 0.05) is 10.5 Å². The van der Waals surface area contributed by atoms with Gasteiger partial charge in [-0.05, 0) is 31.0 Å². The molecule has 90 valence electrons. The summed E-state index contributed by atoms with van der Waals surface area (Å²) in [6.07, 6.45) is 1.19. The van der Waals surface area contributed by atoms with Gasteiger partial charge in [-0.1, -0.05) is 60.8 Å². The van der Waals surface area contributed by atoms with Gasteiger partial charge in [0.1, 0.15) is 0 Å². The fourth-order valence-corrected chi connectivity index (χ4v) is 2.47. The van der Waals surface area contributed by atoms with Crippen LogP contribution < -0.4 is 5.32 Å². The van der Waals surface area contributed by atoms with Gasteiger partial charge in [-0.3, -0.25) is 0 Å². The molecular formula is C14H22BrN. The largest absolute Gasteiger partial charge is 0.310 e. The van der Waals surface area contributed by atoms with Crippen LogP contribution in [-0.2, 0) is 0 Å². The standard InChI is InChI=1S/C14H22BrN/c1-5-11(4)14(16-6-2)12-9-10(3)7-8-13(12)15/h7-9,11,14,16H,5-6H2,1-4H3. The van der Waals surface area contributed by atoms with E-state index in [1.807, 2.05) is 0 Å². The van der Waals surface area contributed by atoms with Crippen LogP contribution in [0, 0.1) is 12.8 Å². The summed E-state index contributed by atoms with van der Waals surface area (Å²) in [6.45, 7) is 9.88. The van der Waals surface area contributed by atoms with Gasteiger partial charge in [-0.25, -0.2) is 0 Å². The molecule has 0 heterocycles. The van der Waals surface area contributed by atoms with Crippen molar-refractivity contribution >= 4 is 15.9 Å². The van der Waals surface area contributed by atoms with Crippen LogP contribution in [-0.4, -0.2) is 6.54 Å². The second-order valence-corrected chi connectivity index (χ2v) is 5.30. The lowest BCUT2D eigenvalue weighted by atomic mass is 9.91. The van der Waals surface area contributed by atoms with Crippen molar-refractivity contribution in [2.24, 2.45) is 5.92 Å². The molecule has 1 N–H and O–H groups in total. The fourth-order valence-electron chi connectivity index (χ4n) is 1.97. The highest BCUT2D eigenvalue weighted by Crippen LogP contribution is 2.30. The molecule has 2 unspecified atom stereocenters. The minimum absolute atomic E-state index is 0.448. The first-order chi connectivity index (χ1) is 7.60. The Labute approximate surface area is 108 Å². The van der Waals surface area contributed by atoms with Crippen molar-refractivity contribution in [3.05, 3.63) is 33.8 Å². The van der Waals surface area contributed by atoms with Crippen LogP contribution in [0.15, 0.2) is 22.7 Å². The molecule has 1 nitrogen and oxygen atoms in total. The van der Waals surface area contributed by atoms with Crippen molar-refractivity contribution in [3.63, 3.8) is 0 Å². The summed E-state index contributed by atoms with van der Waals surface area (Å²) in [7, 11) is 0. The number of aryl methyl sites for hydroxylation is 1. The highest BCUT2D eigenvalue weighted by molar-refractivity contribution is 9.10. The number of nitrogens with one attached hydrogen (secondary N) is 1. The molecule has 1 aromatic rings. The lowest BCUT2D eigenvalue weighted by Gasteiger charge is -2.25. The first kappa shape index (κ1) is 13.7. The first-order valence-corrected chi connectivity index (χ1v) is 6.88. The number of halogens is 1. The normalized spacial score (nSPS) is 14.8. The monoisotopic (exact) mass is 283 g/mol. The lowest BCUT2D eigenvalue weighted by molar-refractivity contribution is 0.382. The summed E-state index contributed by atoms with van der Waals surface area (Å²) in [6, 6.07) is 7.03. The maximum absolute atomic E-state index is 3.66. The summed E-state index contributed by atoms with van der Waals surface area (Å²) in [5.41, 5.74) is 2.71. The zero-order valence-corrected chi connectivity index (χ0v) is 12.3. The summed E-state index contributed by atoms with van der Waals surface area (Å²) in [5.74, 6) is 0.651. The van der Waals surface area contributed by atoms with E-state index in [-0.39, 0.29) is 0 Å². The Morgan fingerprint density at radius 2 is 2.00 bits per heavy atom. The smallest absolute Gasteiger partial charge is 0.0357 e. The molecule has 0 aliphatic heterocycles. The fraction of sp³-hybridized carbons (Fsp3) is 0.571. The van der Waals surface area contributed by atoms with E-state index < -0.39 is 0 Å². The molecular weight excluding hydrogens is 262 g/mol. The summed E-state index contributed by atoms with van der Waals surface area (Å²) >= 11 is 3.66. The summed E-state index contributed by atoms with van der Waals surface area (Å²) in [4.78, 5) is 0. The SMILES string of the molecule is CCNC(c1cc(C)ccc1Br)C(C)CC. The van der Waals surface area contributed by atoms with E-state index in [9.17, 15) is 0 Å². The van der Waals surface area contributed by atoms with Gasteiger partial charge in [0.2, 0.25) is 0 Å². The van der Waals surface area contributed by atoms with Crippen molar-refractivity contribution in [2.45, 2.75) is 40.2 Å². The molecule has 16 heavy (non-hydrogen) atoms. The number of benzene rings is 1. The Morgan fingerprint density at radius 1 is 1.31 bits per heavy atom. The van der Waals surface area contributed by atoms with Gasteiger partial charge in [-0.15, -0.1) is 0 Å². The van der Waals surface area contributed by atoms with Crippen LogP contribution in [0.25, 0.3) is 0 Å². The third-order valence-electron chi connectivity index (χ3n) is 3.12. The highest BCUT2D eigenvalue weighted by atomic mass is 79.9. The number of hydrogen-bond acceptors (Lipinski definition) is 1. The number of rotatable bonds is 5. The molecule has 0 bridgehead atoms. The lowest BCUT2D eigenvalue weighted by Crippen LogP contribution is -2.27. The first-order valence-electron chi connectivity index (χ1n) is 6.09. The molecule has 2 heteroatoms. The third kappa shape index (κ3) is 3.33. The summed E-state index contributed by atoms with van der Waals surface area (Å²) < 4.78 is 1.21. The predicted octanol–water partition coefficient (Wildman–Crippen LogP) is 4.45. The van der Waals surface area contributed by atoms with Crippen LogP contribution in [0.2, 0.25) is 0 Å². The maximum atomic E-state index is 3.66. The predicted molar refractivity (Wildman–Crippen MR) is 74.8 cm³/mol. The summed E-state index contributed by atoms with van der Waals surface area (Å²) in [5, 5.41) is 3.59. The highest BCUT2D eigenvalue weighted by Gasteiger charge is 2.19. The average Bonchev–Trinajstić information content (AvgIpc) is 2.28. The minimum atomic E-state index is 0.448. The quantitative estimate of drug-likeness (QED) is 0.842. The van der Waals surface area contributed by atoms with Gasteiger partial charge in [-0.2, -0.15) is 0 Å². The molecule has 0 spiro atoms. The molecule has 0 saturated carbocycles. The molecule has 0 radical (unpaired) electrons. The van der Waals surface area contributed by atoms with Gasteiger partial charge < -0.3 is 5.32 Å². The van der Waals surface area contributed by atoms with Crippen LogP contribution >= 0.6 is 15.9 Å². The van der Waals surface area contributed by atoms with Crippen molar-refractivity contribution < 1.29 is 0 Å². The van der Waals surface area contributed by atoms with E-state index in [0.29, 0.717) is 12.0 Å². The van der Waals surface area contributed by atoms with E-state index >= 15 is 0 Å². The van der Waals surface area contributed by atoms with E-state index in [2.05, 4.69) is 67.1 Å². The third-order valence-corrected chi connectivity index (χ3v) is 3.85. The average molecular weight is 284 g/mol. The molecule has 2 atom stereocenters. The Kier molecular flexibility index (Phi) is 5.50. The Balaban J connectivity index is 3.04. The molecule has 0 fully saturated rings. The number of hydrogen-bond donors (Lipinski definition) is 1. The molecule has 0 amide bonds. The van der Waals surface area contributed by atoms with Crippen molar-refractivity contribution in [2.75, 3.05) is 6.54 Å². The van der Waals surface area contributed by atoms with Crippen molar-refractivity contribution in [1.29, 1.82) is 0 Å². The van der Waals surface area contributed by atoms with Gasteiger partial charge >= 0.3 is 0 Å². The molecule has 0 aromatic heterocycles. The molecule has 0 saturated heterocycles. The second kappa shape index (κ2) is 6.41. The topological polar surface area (TPSA) is 12.0 Å². The van der Waals surface area contributed by atoms with Gasteiger partial charge in [0.15, 0.2) is 0 Å². The molecule has 0 aliphatic carbocycles. The van der Waals surface area contributed by atoms with Crippen LogP contribution in [0.5, 0.6) is 0 Å². The minimum Gasteiger partial charge on any atom is -0.310 e. The zero-order chi connectivity index (χ0) is 12.1. The Hall–Kier alpha value is -0.340. The Morgan fingerprint density at radius 3 is 2.56 bits per heavy atom. The van der Waals surface area contributed by atoms with Crippen molar-refractivity contribution in [1.82, 2.24) is 5.32 Å². The van der Waals surface area contributed by atoms with Gasteiger partial charge in [0.05, 0.1) is 0 Å². The van der Waals surface area contributed by atoms with E-state index in [1.54, 1.807) is 0 Å². The maximum Gasteiger partial charge on any atom is 0.0357 e. The van der Waals surface area contributed by atoms with Crippen LogP contribution in [0.1, 0.15) is 44.4 Å². The Bertz CT molecular complexity index is 336. The van der Waals surface area contributed by atoms with Crippen LogP contribution in [0.3, 0.4) is 0 Å². The van der Waals surface area contributed by atoms with Gasteiger partial charge in [0.25, 0.3) is 0 Å². The molecule has 1 aromatic carbocycles. The zero-order valence-electron chi connectivity index (χ0n) is 10.7.